The Morgan fingerprint density at radius 3 is 2.55 bits per heavy atom. The highest BCUT2D eigenvalue weighted by molar-refractivity contribution is 9.08. The Kier molecular flexibility index (Phi) is 5.41. The van der Waals surface area contributed by atoms with Gasteiger partial charge in [-0.3, -0.25) is 0 Å². The number of halogens is 2. The average Bonchev–Trinajstić information content (AvgIpc) is 2.46. The molecule has 0 aromatic heterocycles. The maximum Gasteiger partial charge on any atom is 0.161 e. The lowest BCUT2D eigenvalue weighted by atomic mass is 10.2. The van der Waals surface area contributed by atoms with Gasteiger partial charge in [-0.05, 0) is 42.3 Å². The van der Waals surface area contributed by atoms with E-state index in [2.05, 4.69) is 15.9 Å². The van der Waals surface area contributed by atoms with E-state index in [9.17, 15) is 4.39 Å². The van der Waals surface area contributed by atoms with Crippen molar-refractivity contribution in [1.29, 1.82) is 0 Å². The monoisotopic (exact) mass is 338 g/mol. The molecule has 0 fully saturated rings. The van der Waals surface area contributed by atoms with Crippen LogP contribution >= 0.6 is 15.9 Å². The smallest absolute Gasteiger partial charge is 0.161 e. The van der Waals surface area contributed by atoms with Gasteiger partial charge < -0.3 is 9.47 Å². The second-order valence-corrected chi connectivity index (χ2v) is 4.83. The van der Waals surface area contributed by atoms with Gasteiger partial charge in [-0.15, -0.1) is 0 Å². The van der Waals surface area contributed by atoms with Gasteiger partial charge in [0.15, 0.2) is 11.5 Å². The Bertz CT molecular complexity index is 572. The molecule has 2 aromatic carbocycles. The number of hydrogen-bond acceptors (Lipinski definition) is 2. The fourth-order valence-corrected chi connectivity index (χ4v) is 2.16. The molecule has 106 valence electrons. The molecule has 2 nitrogen and oxygen atoms in total. The van der Waals surface area contributed by atoms with E-state index in [4.69, 9.17) is 9.47 Å². The summed E-state index contributed by atoms with van der Waals surface area (Å²) in [6.07, 6.45) is 0. The van der Waals surface area contributed by atoms with Crippen LogP contribution in [0.25, 0.3) is 0 Å². The molecule has 4 heteroatoms. The van der Waals surface area contributed by atoms with Crippen LogP contribution in [-0.4, -0.2) is 6.61 Å². The van der Waals surface area contributed by atoms with Gasteiger partial charge in [0.05, 0.1) is 6.61 Å². The third-order valence-corrected chi connectivity index (χ3v) is 3.39. The maximum atomic E-state index is 13.1. The topological polar surface area (TPSA) is 18.5 Å². The van der Waals surface area contributed by atoms with Crippen molar-refractivity contribution in [3.05, 3.63) is 59.4 Å². The molecule has 0 aliphatic rings. The van der Waals surface area contributed by atoms with Gasteiger partial charge in [0.25, 0.3) is 0 Å². The molecule has 0 saturated carbocycles. The molecule has 2 rings (SSSR count). The van der Waals surface area contributed by atoms with E-state index < -0.39 is 0 Å². The van der Waals surface area contributed by atoms with E-state index in [1.165, 1.54) is 12.1 Å². The fraction of sp³-hybridized carbons (Fsp3) is 0.250. The summed E-state index contributed by atoms with van der Waals surface area (Å²) in [5, 5.41) is 0.761. The number of rotatable bonds is 6. The molecular weight excluding hydrogens is 323 g/mol. The number of benzene rings is 2. The first-order valence-electron chi connectivity index (χ1n) is 6.42. The van der Waals surface area contributed by atoms with Crippen LogP contribution in [0.2, 0.25) is 0 Å². The molecule has 20 heavy (non-hydrogen) atoms. The Morgan fingerprint density at radius 2 is 1.85 bits per heavy atom. The van der Waals surface area contributed by atoms with Gasteiger partial charge in [-0.1, -0.05) is 34.1 Å². The third kappa shape index (κ3) is 3.97. The molecule has 0 amide bonds. The quantitative estimate of drug-likeness (QED) is 0.711. The summed E-state index contributed by atoms with van der Waals surface area (Å²) in [5.74, 6) is 1.12. The van der Waals surface area contributed by atoms with E-state index in [-0.39, 0.29) is 5.82 Å². The van der Waals surface area contributed by atoms with E-state index in [0.29, 0.717) is 24.7 Å². The second kappa shape index (κ2) is 7.29. The normalized spacial score (nSPS) is 10.3. The molecular formula is C16H16BrFO2. The molecule has 0 aliphatic heterocycles. The maximum absolute atomic E-state index is 13.1. The van der Waals surface area contributed by atoms with Crippen molar-refractivity contribution in [3.8, 4) is 11.5 Å². The summed E-state index contributed by atoms with van der Waals surface area (Å²) in [5.41, 5.74) is 1.91. The van der Waals surface area contributed by atoms with Gasteiger partial charge in [-0.2, -0.15) is 0 Å². The van der Waals surface area contributed by atoms with Gasteiger partial charge in [0, 0.05) is 5.33 Å². The minimum absolute atomic E-state index is 0.259. The van der Waals surface area contributed by atoms with Crippen molar-refractivity contribution in [2.45, 2.75) is 18.9 Å². The predicted molar refractivity (Wildman–Crippen MR) is 81.0 cm³/mol. The lowest BCUT2D eigenvalue weighted by molar-refractivity contribution is 0.269. The van der Waals surface area contributed by atoms with Gasteiger partial charge in [0.2, 0.25) is 0 Å². The van der Waals surface area contributed by atoms with Gasteiger partial charge >= 0.3 is 0 Å². The highest BCUT2D eigenvalue weighted by atomic mass is 79.9. The van der Waals surface area contributed by atoms with Crippen LogP contribution < -0.4 is 9.47 Å². The zero-order chi connectivity index (χ0) is 14.4. The molecule has 0 atom stereocenters. The van der Waals surface area contributed by atoms with E-state index in [1.807, 2.05) is 31.2 Å². The first kappa shape index (κ1) is 14.9. The largest absolute Gasteiger partial charge is 0.490 e. The lowest BCUT2D eigenvalue weighted by Gasteiger charge is -2.13. The minimum Gasteiger partial charge on any atom is -0.490 e. The summed E-state index contributed by atoms with van der Waals surface area (Å²) >= 11 is 3.41. The number of ether oxygens (including phenoxy) is 2. The van der Waals surface area contributed by atoms with Crippen molar-refractivity contribution in [3.63, 3.8) is 0 Å². The average molecular weight is 339 g/mol. The SMILES string of the molecule is CCOc1cc(CBr)ccc1OCc1cccc(F)c1. The van der Waals surface area contributed by atoms with Crippen molar-refractivity contribution in [2.24, 2.45) is 0 Å². The lowest BCUT2D eigenvalue weighted by Crippen LogP contribution is -2.00. The Labute approximate surface area is 126 Å². The summed E-state index contributed by atoms with van der Waals surface area (Å²) < 4.78 is 24.4. The van der Waals surface area contributed by atoms with Crippen molar-refractivity contribution in [2.75, 3.05) is 6.61 Å². The van der Waals surface area contributed by atoms with Gasteiger partial charge in [-0.25, -0.2) is 4.39 Å². The van der Waals surface area contributed by atoms with Crippen LogP contribution in [0.3, 0.4) is 0 Å². The molecule has 0 heterocycles. The van der Waals surface area contributed by atoms with Crippen LogP contribution in [0, 0.1) is 5.82 Å². The summed E-state index contributed by atoms with van der Waals surface area (Å²) in [6.45, 7) is 2.81. The number of alkyl halides is 1. The fourth-order valence-electron chi connectivity index (χ4n) is 1.81. The number of hydrogen-bond donors (Lipinski definition) is 0. The van der Waals surface area contributed by atoms with Crippen molar-refractivity contribution < 1.29 is 13.9 Å². The van der Waals surface area contributed by atoms with E-state index in [1.54, 1.807) is 6.07 Å². The predicted octanol–water partition coefficient (Wildman–Crippen LogP) is 4.70. The highest BCUT2D eigenvalue weighted by Crippen LogP contribution is 2.30. The van der Waals surface area contributed by atoms with Crippen molar-refractivity contribution in [1.82, 2.24) is 0 Å². The minimum atomic E-state index is -0.259. The molecule has 0 radical (unpaired) electrons. The van der Waals surface area contributed by atoms with Crippen LogP contribution in [0.15, 0.2) is 42.5 Å². The highest BCUT2D eigenvalue weighted by Gasteiger charge is 2.07. The summed E-state index contributed by atoms with van der Waals surface area (Å²) in [4.78, 5) is 0. The Balaban J connectivity index is 2.12. The molecule has 0 bridgehead atoms. The van der Waals surface area contributed by atoms with Crippen LogP contribution in [0.5, 0.6) is 11.5 Å². The van der Waals surface area contributed by atoms with Gasteiger partial charge in [0.1, 0.15) is 12.4 Å². The first-order valence-corrected chi connectivity index (χ1v) is 7.54. The molecule has 0 unspecified atom stereocenters. The molecule has 0 N–H and O–H groups in total. The third-order valence-electron chi connectivity index (χ3n) is 2.75. The summed E-state index contributed by atoms with van der Waals surface area (Å²) in [6, 6.07) is 12.2. The molecule has 0 saturated heterocycles. The Morgan fingerprint density at radius 1 is 1.00 bits per heavy atom. The van der Waals surface area contributed by atoms with Crippen LogP contribution in [0.1, 0.15) is 18.1 Å². The molecule has 2 aromatic rings. The zero-order valence-corrected chi connectivity index (χ0v) is 12.8. The standard InChI is InChI=1S/C16H16BrFO2/c1-2-19-16-9-12(10-17)6-7-15(16)20-11-13-4-3-5-14(18)8-13/h3-9H,2,10-11H2,1H3. The molecule has 0 aliphatic carbocycles. The first-order chi connectivity index (χ1) is 9.72. The van der Waals surface area contributed by atoms with E-state index in [0.717, 1.165) is 16.5 Å². The van der Waals surface area contributed by atoms with Crippen molar-refractivity contribution >= 4 is 15.9 Å². The second-order valence-electron chi connectivity index (χ2n) is 4.27. The Hall–Kier alpha value is -1.55. The zero-order valence-electron chi connectivity index (χ0n) is 11.2. The summed E-state index contributed by atoms with van der Waals surface area (Å²) in [7, 11) is 0. The van der Waals surface area contributed by atoms with Crippen LogP contribution in [-0.2, 0) is 11.9 Å². The molecule has 0 spiro atoms. The van der Waals surface area contributed by atoms with Crippen LogP contribution in [0.4, 0.5) is 4.39 Å². The van der Waals surface area contributed by atoms with E-state index >= 15 is 0 Å².